The number of para-hydroxylation sites is 1. The third-order valence-electron chi connectivity index (χ3n) is 4.72. The summed E-state index contributed by atoms with van der Waals surface area (Å²) in [5.41, 5.74) is 11.7. The number of H-pyrrole nitrogens is 1. The van der Waals surface area contributed by atoms with Crippen molar-refractivity contribution in [2.24, 2.45) is 0 Å². The zero-order chi connectivity index (χ0) is 17.3. The lowest BCUT2D eigenvalue weighted by Crippen LogP contribution is -2.15. The third kappa shape index (κ3) is 3.31. The van der Waals surface area contributed by atoms with Crippen molar-refractivity contribution in [3.05, 3.63) is 64.8 Å². The Morgan fingerprint density at radius 3 is 2.54 bits per heavy atom. The summed E-state index contributed by atoms with van der Waals surface area (Å²) in [6.45, 7) is 5.77. The molecule has 0 bridgehead atoms. The fraction of sp³-hybridized carbons (Fsp3) is 0.333. The van der Waals surface area contributed by atoms with Gasteiger partial charge < -0.3 is 15.8 Å². The molecule has 1 aromatic heterocycles. The topological polar surface area (TPSA) is 62.0 Å². The highest BCUT2D eigenvalue weighted by molar-refractivity contribution is 5.86. The highest BCUT2D eigenvalue weighted by Gasteiger charge is 2.20. The third-order valence-corrected chi connectivity index (χ3v) is 4.72. The summed E-state index contributed by atoms with van der Waals surface area (Å²) >= 11 is 0. The van der Waals surface area contributed by atoms with Crippen LogP contribution in [0.5, 0.6) is 0 Å². The average Bonchev–Trinajstić information content (AvgIpc) is 2.91. The molecule has 3 heteroatoms. The summed E-state index contributed by atoms with van der Waals surface area (Å²) in [5, 5.41) is 11.6. The fourth-order valence-corrected chi connectivity index (χ4v) is 3.40. The predicted molar refractivity (Wildman–Crippen MR) is 101 cm³/mol. The zero-order valence-electron chi connectivity index (χ0n) is 14.7. The van der Waals surface area contributed by atoms with Gasteiger partial charge in [-0.15, -0.1) is 0 Å². The fourth-order valence-electron chi connectivity index (χ4n) is 3.40. The van der Waals surface area contributed by atoms with E-state index in [1.807, 2.05) is 38.1 Å². The Balaban J connectivity index is 1.77. The number of aliphatic hydroxyl groups is 1. The van der Waals surface area contributed by atoms with Crippen LogP contribution in [0.2, 0.25) is 0 Å². The van der Waals surface area contributed by atoms with Gasteiger partial charge in [0.2, 0.25) is 0 Å². The van der Waals surface area contributed by atoms with Gasteiger partial charge in [0.1, 0.15) is 0 Å². The van der Waals surface area contributed by atoms with Crippen molar-refractivity contribution in [1.82, 2.24) is 4.98 Å². The molecule has 0 radical (unpaired) electrons. The predicted octanol–water partition coefficient (Wildman–Crippen LogP) is 4.46. The average molecular weight is 322 g/mol. The van der Waals surface area contributed by atoms with Gasteiger partial charge in [0.05, 0.1) is 11.1 Å². The van der Waals surface area contributed by atoms with E-state index in [4.69, 9.17) is 5.73 Å². The number of nitrogen functional groups attached to an aromatic ring is 1. The Labute approximate surface area is 143 Å². The first-order valence-electron chi connectivity index (χ1n) is 8.53. The quantitative estimate of drug-likeness (QED) is 0.607. The van der Waals surface area contributed by atoms with Crippen LogP contribution in [0.1, 0.15) is 42.5 Å². The number of anilines is 1. The molecule has 0 aliphatic heterocycles. The van der Waals surface area contributed by atoms with E-state index in [1.54, 1.807) is 0 Å². The summed E-state index contributed by atoms with van der Waals surface area (Å²) in [4.78, 5) is 3.35. The molecule has 2 aromatic carbocycles. The summed E-state index contributed by atoms with van der Waals surface area (Å²) in [6.07, 6.45) is 5.23. The monoisotopic (exact) mass is 322 g/mol. The Hall–Kier alpha value is -2.26. The molecule has 0 spiro atoms. The molecule has 1 heterocycles. The standard InChI is InChI=1S/C21H26N2O/c1-14-12-17(22)11-10-15(14)6-4-7-16-13-23-20-18(16)8-5-9-19(20)21(2,3)24/h5,8-13,23-24H,4,6-7,22H2,1-3H3. The van der Waals surface area contributed by atoms with Gasteiger partial charge in [0.25, 0.3) is 0 Å². The number of aromatic amines is 1. The van der Waals surface area contributed by atoms with Gasteiger partial charge in [-0.3, -0.25) is 0 Å². The molecule has 0 saturated carbocycles. The van der Waals surface area contributed by atoms with E-state index in [0.717, 1.165) is 36.0 Å². The van der Waals surface area contributed by atoms with Crippen molar-refractivity contribution in [2.75, 3.05) is 5.73 Å². The summed E-state index contributed by atoms with van der Waals surface area (Å²) in [6, 6.07) is 12.3. The molecule has 126 valence electrons. The number of rotatable bonds is 5. The van der Waals surface area contributed by atoms with Crippen molar-refractivity contribution >= 4 is 16.6 Å². The van der Waals surface area contributed by atoms with Crippen molar-refractivity contribution in [2.45, 2.75) is 45.6 Å². The Bertz CT molecular complexity index is 856. The molecule has 4 N–H and O–H groups in total. The van der Waals surface area contributed by atoms with Crippen LogP contribution in [-0.2, 0) is 18.4 Å². The maximum atomic E-state index is 10.3. The molecular formula is C21H26N2O. The van der Waals surface area contributed by atoms with Crippen molar-refractivity contribution in [1.29, 1.82) is 0 Å². The lowest BCUT2D eigenvalue weighted by molar-refractivity contribution is 0.0800. The van der Waals surface area contributed by atoms with E-state index in [-0.39, 0.29) is 0 Å². The lowest BCUT2D eigenvalue weighted by Gasteiger charge is -2.18. The molecule has 0 unspecified atom stereocenters. The SMILES string of the molecule is Cc1cc(N)ccc1CCCc1c[nH]c2c(C(C)(C)O)cccc12. The molecule has 0 saturated heterocycles. The number of hydrogen-bond acceptors (Lipinski definition) is 2. The van der Waals surface area contributed by atoms with Crippen LogP contribution in [0.25, 0.3) is 10.9 Å². The van der Waals surface area contributed by atoms with Crippen LogP contribution in [0.3, 0.4) is 0 Å². The van der Waals surface area contributed by atoms with Crippen LogP contribution in [0.4, 0.5) is 5.69 Å². The molecule has 3 aromatic rings. The number of hydrogen-bond donors (Lipinski definition) is 3. The molecule has 0 aliphatic carbocycles. The van der Waals surface area contributed by atoms with Crippen LogP contribution >= 0.6 is 0 Å². The largest absolute Gasteiger partial charge is 0.399 e. The summed E-state index contributed by atoms with van der Waals surface area (Å²) < 4.78 is 0. The van der Waals surface area contributed by atoms with Crippen molar-refractivity contribution < 1.29 is 5.11 Å². The number of nitrogens with one attached hydrogen (secondary N) is 1. The van der Waals surface area contributed by atoms with Gasteiger partial charge in [0, 0.05) is 22.8 Å². The maximum Gasteiger partial charge on any atom is 0.0860 e. The van der Waals surface area contributed by atoms with E-state index >= 15 is 0 Å². The first-order chi connectivity index (χ1) is 11.4. The number of fused-ring (bicyclic) bond motifs is 1. The molecule has 0 amide bonds. The van der Waals surface area contributed by atoms with Gasteiger partial charge in [-0.05, 0) is 68.9 Å². The van der Waals surface area contributed by atoms with Gasteiger partial charge in [-0.1, -0.05) is 24.3 Å². The molecule has 24 heavy (non-hydrogen) atoms. The smallest absolute Gasteiger partial charge is 0.0860 e. The maximum absolute atomic E-state index is 10.3. The van der Waals surface area contributed by atoms with Gasteiger partial charge in [-0.25, -0.2) is 0 Å². The molecule has 0 fully saturated rings. The Kier molecular flexibility index (Phi) is 4.37. The highest BCUT2D eigenvalue weighted by atomic mass is 16.3. The lowest BCUT2D eigenvalue weighted by atomic mass is 9.94. The second kappa shape index (κ2) is 6.33. The van der Waals surface area contributed by atoms with Crippen LogP contribution in [-0.4, -0.2) is 10.1 Å². The number of aryl methyl sites for hydroxylation is 3. The van der Waals surface area contributed by atoms with Crippen molar-refractivity contribution in [3.63, 3.8) is 0 Å². The van der Waals surface area contributed by atoms with Crippen molar-refractivity contribution in [3.8, 4) is 0 Å². The zero-order valence-corrected chi connectivity index (χ0v) is 14.7. The second-order valence-electron chi connectivity index (χ2n) is 7.14. The minimum absolute atomic E-state index is 0.826. The first-order valence-corrected chi connectivity index (χ1v) is 8.53. The molecule has 0 aliphatic rings. The first kappa shape index (κ1) is 16.6. The van der Waals surface area contributed by atoms with Gasteiger partial charge >= 0.3 is 0 Å². The number of benzene rings is 2. The minimum Gasteiger partial charge on any atom is -0.399 e. The molecule has 3 nitrogen and oxygen atoms in total. The minimum atomic E-state index is -0.845. The normalized spacial score (nSPS) is 12.0. The Morgan fingerprint density at radius 1 is 1.08 bits per heavy atom. The van der Waals surface area contributed by atoms with E-state index in [9.17, 15) is 5.11 Å². The molecular weight excluding hydrogens is 296 g/mol. The number of nitrogens with two attached hydrogens (primary N) is 1. The molecule has 0 atom stereocenters. The Morgan fingerprint density at radius 2 is 1.83 bits per heavy atom. The van der Waals surface area contributed by atoms with Crippen LogP contribution < -0.4 is 5.73 Å². The summed E-state index contributed by atoms with van der Waals surface area (Å²) in [5.74, 6) is 0. The van der Waals surface area contributed by atoms with Gasteiger partial charge in [0.15, 0.2) is 0 Å². The summed E-state index contributed by atoms with van der Waals surface area (Å²) in [7, 11) is 0. The molecule has 3 rings (SSSR count). The van der Waals surface area contributed by atoms with Crippen LogP contribution in [0.15, 0.2) is 42.6 Å². The number of aromatic nitrogens is 1. The highest BCUT2D eigenvalue weighted by Crippen LogP contribution is 2.30. The van der Waals surface area contributed by atoms with E-state index in [1.165, 1.54) is 22.1 Å². The van der Waals surface area contributed by atoms with E-state index < -0.39 is 5.60 Å². The second-order valence-corrected chi connectivity index (χ2v) is 7.14. The van der Waals surface area contributed by atoms with E-state index in [0.29, 0.717) is 0 Å². The van der Waals surface area contributed by atoms with E-state index in [2.05, 4.69) is 30.2 Å². The van der Waals surface area contributed by atoms with Gasteiger partial charge in [-0.2, -0.15) is 0 Å². The van der Waals surface area contributed by atoms with Crippen LogP contribution in [0, 0.1) is 6.92 Å².